The van der Waals surface area contributed by atoms with Crippen molar-refractivity contribution in [2.24, 2.45) is 0 Å². The maximum atomic E-state index is 12.8. The lowest BCUT2D eigenvalue weighted by molar-refractivity contribution is -0.122. The number of aromatic nitrogens is 2. The summed E-state index contributed by atoms with van der Waals surface area (Å²) in [4.78, 5) is 17.6. The molecular weight excluding hydrogens is 390 g/mol. The lowest BCUT2D eigenvalue weighted by atomic mass is 10.1. The highest BCUT2D eigenvalue weighted by Gasteiger charge is 2.30. The molecule has 1 heterocycles. The third-order valence-electron chi connectivity index (χ3n) is 5.45. The maximum Gasteiger partial charge on any atom is 0.240 e. The van der Waals surface area contributed by atoms with Crippen LogP contribution in [0.5, 0.6) is 0 Å². The molecule has 1 amide bonds. The fourth-order valence-electron chi connectivity index (χ4n) is 4.03. The molecule has 1 aromatic heterocycles. The number of amides is 1. The minimum atomic E-state index is 0.0656. The summed E-state index contributed by atoms with van der Waals surface area (Å²) >= 11 is 3.53. The van der Waals surface area contributed by atoms with E-state index in [-0.39, 0.29) is 11.9 Å². The van der Waals surface area contributed by atoms with Crippen molar-refractivity contribution < 1.29 is 4.79 Å². The Hall–Kier alpha value is -2.14. The number of fused-ring (bicyclic) bond motifs is 2. The van der Waals surface area contributed by atoms with Gasteiger partial charge in [-0.25, -0.2) is 4.98 Å². The van der Waals surface area contributed by atoms with Crippen molar-refractivity contribution in [3.05, 3.63) is 63.9 Å². The lowest BCUT2D eigenvalue weighted by Crippen LogP contribution is -2.31. The molecule has 1 fully saturated rings. The molecule has 5 rings (SSSR count). The van der Waals surface area contributed by atoms with Crippen molar-refractivity contribution in [1.82, 2.24) is 14.9 Å². The largest absolute Gasteiger partial charge is 0.348 e. The Bertz CT molecular complexity index is 1010. The number of rotatable bonds is 4. The molecule has 2 aromatic carbocycles. The minimum Gasteiger partial charge on any atom is -0.348 e. The number of halogens is 1. The predicted molar refractivity (Wildman–Crippen MR) is 105 cm³/mol. The van der Waals surface area contributed by atoms with Gasteiger partial charge in [0, 0.05) is 10.4 Å². The van der Waals surface area contributed by atoms with Crippen LogP contribution in [0, 0.1) is 0 Å². The first-order valence-electron chi connectivity index (χ1n) is 9.22. The molecule has 5 heteroatoms. The van der Waals surface area contributed by atoms with Crippen LogP contribution in [0.3, 0.4) is 0 Å². The smallest absolute Gasteiger partial charge is 0.240 e. The van der Waals surface area contributed by atoms with E-state index in [0.717, 1.165) is 34.2 Å². The van der Waals surface area contributed by atoms with Crippen molar-refractivity contribution in [3.8, 4) is 0 Å². The zero-order chi connectivity index (χ0) is 17.7. The van der Waals surface area contributed by atoms with Gasteiger partial charge in [0.25, 0.3) is 0 Å². The van der Waals surface area contributed by atoms with Gasteiger partial charge < -0.3 is 9.88 Å². The van der Waals surface area contributed by atoms with E-state index in [2.05, 4.69) is 50.1 Å². The molecular formula is C21H20BrN3O. The normalized spacial score (nSPS) is 18.9. The molecule has 26 heavy (non-hydrogen) atoms. The summed E-state index contributed by atoms with van der Waals surface area (Å²) in [5.41, 5.74) is 4.62. The van der Waals surface area contributed by atoms with E-state index in [1.807, 2.05) is 18.2 Å². The Morgan fingerprint density at radius 3 is 2.88 bits per heavy atom. The molecule has 2 aliphatic carbocycles. The number of nitrogens with one attached hydrogen (secondary N) is 1. The number of nitrogens with zero attached hydrogens (tertiary/aromatic N) is 2. The van der Waals surface area contributed by atoms with E-state index in [1.165, 1.54) is 24.0 Å². The molecule has 1 unspecified atom stereocenters. The van der Waals surface area contributed by atoms with Crippen LogP contribution in [-0.4, -0.2) is 15.5 Å². The topological polar surface area (TPSA) is 46.9 Å². The fraction of sp³-hybridized carbons (Fsp3) is 0.333. The molecule has 3 aromatic rings. The number of aryl methyl sites for hydroxylation is 1. The zero-order valence-electron chi connectivity index (χ0n) is 14.4. The maximum absolute atomic E-state index is 12.8. The van der Waals surface area contributed by atoms with Gasteiger partial charge in [-0.15, -0.1) is 0 Å². The zero-order valence-corrected chi connectivity index (χ0v) is 16.0. The van der Waals surface area contributed by atoms with Gasteiger partial charge in [0.1, 0.15) is 12.4 Å². The monoisotopic (exact) mass is 409 g/mol. The van der Waals surface area contributed by atoms with Crippen LogP contribution in [0.2, 0.25) is 0 Å². The van der Waals surface area contributed by atoms with Gasteiger partial charge in [-0.1, -0.05) is 34.1 Å². The molecule has 0 aliphatic heterocycles. The molecule has 1 N–H and O–H groups in total. The second kappa shape index (κ2) is 6.23. The molecule has 4 nitrogen and oxygen atoms in total. The first-order chi connectivity index (χ1) is 12.7. The van der Waals surface area contributed by atoms with E-state index in [1.54, 1.807) is 0 Å². The Morgan fingerprint density at radius 1 is 1.19 bits per heavy atom. The summed E-state index contributed by atoms with van der Waals surface area (Å²) in [6.45, 7) is 0.342. The molecule has 2 aliphatic rings. The van der Waals surface area contributed by atoms with Gasteiger partial charge >= 0.3 is 0 Å². The number of hydrogen-bond donors (Lipinski definition) is 1. The summed E-state index contributed by atoms with van der Waals surface area (Å²) in [6, 6.07) is 14.6. The van der Waals surface area contributed by atoms with Crippen molar-refractivity contribution in [1.29, 1.82) is 0 Å². The second-order valence-corrected chi connectivity index (χ2v) is 8.24. The van der Waals surface area contributed by atoms with Gasteiger partial charge in [0.05, 0.1) is 17.1 Å². The Balaban J connectivity index is 1.39. The molecule has 0 bridgehead atoms. The van der Waals surface area contributed by atoms with E-state index in [4.69, 9.17) is 4.98 Å². The average molecular weight is 410 g/mol. The van der Waals surface area contributed by atoms with Crippen molar-refractivity contribution >= 4 is 32.9 Å². The highest BCUT2D eigenvalue weighted by Crippen LogP contribution is 2.40. The Morgan fingerprint density at radius 2 is 2.04 bits per heavy atom. The van der Waals surface area contributed by atoms with Gasteiger partial charge in [-0.2, -0.15) is 0 Å². The highest BCUT2D eigenvalue weighted by atomic mass is 79.9. The van der Waals surface area contributed by atoms with Crippen LogP contribution >= 0.6 is 15.9 Å². The Labute approximate surface area is 160 Å². The number of para-hydroxylation sites is 2. The van der Waals surface area contributed by atoms with Gasteiger partial charge in [0.15, 0.2) is 0 Å². The van der Waals surface area contributed by atoms with Crippen LogP contribution in [0.4, 0.5) is 0 Å². The SMILES string of the molecule is O=C(Cn1c(C2CC2)nc2ccccc21)NC1CCc2cc(Br)ccc21. The number of benzene rings is 2. The van der Waals surface area contributed by atoms with Crippen molar-refractivity contribution in [2.45, 2.75) is 44.2 Å². The molecule has 0 spiro atoms. The van der Waals surface area contributed by atoms with Crippen molar-refractivity contribution in [2.75, 3.05) is 0 Å². The summed E-state index contributed by atoms with van der Waals surface area (Å²) in [7, 11) is 0. The lowest BCUT2D eigenvalue weighted by Gasteiger charge is -2.16. The van der Waals surface area contributed by atoms with Crippen LogP contribution in [-0.2, 0) is 17.8 Å². The van der Waals surface area contributed by atoms with Crippen LogP contribution in [0.15, 0.2) is 46.9 Å². The second-order valence-electron chi connectivity index (χ2n) is 7.32. The van der Waals surface area contributed by atoms with Crippen LogP contribution in [0.1, 0.15) is 48.2 Å². The minimum absolute atomic E-state index is 0.0656. The van der Waals surface area contributed by atoms with E-state index in [0.29, 0.717) is 12.5 Å². The summed E-state index contributed by atoms with van der Waals surface area (Å²) in [5.74, 6) is 1.65. The van der Waals surface area contributed by atoms with E-state index >= 15 is 0 Å². The number of hydrogen-bond acceptors (Lipinski definition) is 2. The summed E-state index contributed by atoms with van der Waals surface area (Å²) in [6.07, 6.45) is 4.34. The standard InChI is InChI=1S/C21H20BrN3O/c22-15-8-9-16-14(11-15)7-10-17(16)23-20(26)12-25-19-4-2-1-3-18(19)24-21(25)13-5-6-13/h1-4,8-9,11,13,17H,5-7,10,12H2,(H,23,26). The van der Waals surface area contributed by atoms with Gasteiger partial charge in [0.2, 0.25) is 5.91 Å². The average Bonchev–Trinajstić information content (AvgIpc) is 3.32. The first-order valence-corrected chi connectivity index (χ1v) is 10.0. The molecule has 132 valence electrons. The molecule has 1 saturated carbocycles. The molecule has 0 saturated heterocycles. The predicted octanol–water partition coefficient (Wildman–Crippen LogP) is 4.48. The number of carbonyl (C=O) groups excluding carboxylic acids is 1. The van der Waals surface area contributed by atoms with Crippen molar-refractivity contribution in [3.63, 3.8) is 0 Å². The Kier molecular flexibility index (Phi) is 3.85. The van der Waals surface area contributed by atoms with E-state index < -0.39 is 0 Å². The third-order valence-corrected chi connectivity index (χ3v) is 5.94. The van der Waals surface area contributed by atoms with E-state index in [9.17, 15) is 4.79 Å². The van der Waals surface area contributed by atoms with Gasteiger partial charge in [-0.3, -0.25) is 4.79 Å². The third kappa shape index (κ3) is 2.84. The molecule has 0 radical (unpaired) electrons. The quantitative estimate of drug-likeness (QED) is 0.690. The fourth-order valence-corrected chi connectivity index (χ4v) is 4.44. The highest BCUT2D eigenvalue weighted by molar-refractivity contribution is 9.10. The number of carbonyl (C=O) groups is 1. The first kappa shape index (κ1) is 16.1. The molecule has 1 atom stereocenters. The summed E-state index contributed by atoms with van der Waals surface area (Å²) in [5, 5.41) is 3.24. The van der Waals surface area contributed by atoms with Crippen LogP contribution in [0.25, 0.3) is 11.0 Å². The summed E-state index contributed by atoms with van der Waals surface area (Å²) < 4.78 is 3.21. The number of imidazole rings is 1. The van der Waals surface area contributed by atoms with Gasteiger partial charge in [-0.05, 0) is 61.1 Å². The van der Waals surface area contributed by atoms with Crippen LogP contribution < -0.4 is 5.32 Å².